The van der Waals surface area contributed by atoms with E-state index in [1.807, 2.05) is 24.4 Å². The summed E-state index contributed by atoms with van der Waals surface area (Å²) in [6.07, 6.45) is 1.88. The second kappa shape index (κ2) is 14.2. The fourth-order valence-corrected chi connectivity index (χ4v) is 7.51. The molecule has 1 N–H and O–H groups in total. The zero-order valence-electron chi connectivity index (χ0n) is 34.4. The molecular weight excluding hydrogens is 854 g/mol. The van der Waals surface area contributed by atoms with E-state index in [1.54, 1.807) is 0 Å². The summed E-state index contributed by atoms with van der Waals surface area (Å²) < 4.78 is 2.35. The molecule has 7 rings (SSSR count). The molecule has 0 bridgehead atoms. The van der Waals surface area contributed by atoms with E-state index in [2.05, 4.69) is 173 Å². The summed E-state index contributed by atoms with van der Waals surface area (Å²) in [5.41, 5.74) is 12.8. The third-order valence-electron chi connectivity index (χ3n) is 10.5. The average molecular weight is 908 g/mol. The zero-order valence-corrected chi connectivity index (χ0v) is 36.7. The number of phenolic OH excluding ortho intramolecular Hbond substituents is 1. The van der Waals surface area contributed by atoms with Crippen LogP contribution >= 0.6 is 0 Å². The second-order valence-corrected chi connectivity index (χ2v) is 18.9. The molecule has 5 heteroatoms. The summed E-state index contributed by atoms with van der Waals surface area (Å²) in [4.78, 5) is 10.5. The second-order valence-electron chi connectivity index (χ2n) is 18.9. The van der Waals surface area contributed by atoms with Crippen molar-refractivity contribution in [3.05, 3.63) is 126 Å². The molecular formula is C50H54N3OPt-. The van der Waals surface area contributed by atoms with Gasteiger partial charge in [-0.25, -0.2) is 4.98 Å². The number of aromatic nitrogens is 3. The maximum atomic E-state index is 11.5. The molecule has 0 spiro atoms. The third kappa shape index (κ3) is 7.68. The van der Waals surface area contributed by atoms with E-state index in [0.717, 1.165) is 72.3 Å². The first-order valence-electron chi connectivity index (χ1n) is 19.1. The monoisotopic (exact) mass is 907 g/mol. The molecule has 0 aliphatic carbocycles. The van der Waals surface area contributed by atoms with Crippen LogP contribution in [0.3, 0.4) is 0 Å². The van der Waals surface area contributed by atoms with Gasteiger partial charge in [-0.15, -0.1) is 29.3 Å². The molecule has 5 aromatic carbocycles. The van der Waals surface area contributed by atoms with E-state index in [9.17, 15) is 5.11 Å². The van der Waals surface area contributed by atoms with Crippen LogP contribution < -0.4 is 0 Å². The van der Waals surface area contributed by atoms with Crippen molar-refractivity contribution < 1.29 is 26.2 Å². The summed E-state index contributed by atoms with van der Waals surface area (Å²) in [7, 11) is 0. The molecule has 7 aromatic rings. The summed E-state index contributed by atoms with van der Waals surface area (Å²) in [6, 6.07) is 38.2. The van der Waals surface area contributed by atoms with E-state index in [0.29, 0.717) is 0 Å². The first kappa shape index (κ1) is 40.1. The van der Waals surface area contributed by atoms with Gasteiger partial charge in [0.05, 0.1) is 16.6 Å². The standard InChI is InChI=1S/C50H54N3O.Pt/c1-47(2,3)36-20-23-42(54)40(29-36)46-52-44-38(21-22-41(49(7,8)9)45(44)53(46)50(10,11)12)34-25-33(31-17-14-13-15-18-31)26-35(27-34)39-30-37(48(4,5)6)28-32-19-16-24-51-43(32)39;/h13-26,28-30,54H,1-12H3;/q-1;. The topological polar surface area (TPSA) is 50.9 Å². The van der Waals surface area contributed by atoms with Gasteiger partial charge in [0, 0.05) is 38.3 Å². The minimum absolute atomic E-state index is 0. The Morgan fingerprint density at radius 1 is 0.564 bits per heavy atom. The summed E-state index contributed by atoms with van der Waals surface area (Å²) >= 11 is 0. The van der Waals surface area contributed by atoms with Gasteiger partial charge in [0.25, 0.3) is 0 Å². The van der Waals surface area contributed by atoms with Crippen molar-refractivity contribution in [3.63, 3.8) is 0 Å². The normalized spacial score (nSPS) is 12.7. The van der Waals surface area contributed by atoms with Crippen molar-refractivity contribution >= 4 is 21.9 Å². The van der Waals surface area contributed by atoms with Gasteiger partial charge in [-0.2, -0.15) is 0 Å². The van der Waals surface area contributed by atoms with Gasteiger partial charge >= 0.3 is 0 Å². The Morgan fingerprint density at radius 2 is 1.20 bits per heavy atom. The average Bonchev–Trinajstić information content (AvgIpc) is 3.51. The maximum Gasteiger partial charge on any atom is 0.144 e. The summed E-state index contributed by atoms with van der Waals surface area (Å²) in [6.45, 7) is 26.8. The fourth-order valence-electron chi connectivity index (χ4n) is 7.51. The number of nitrogens with zero attached hydrogens (tertiary/aromatic N) is 3. The van der Waals surface area contributed by atoms with Crippen molar-refractivity contribution in [1.82, 2.24) is 14.5 Å². The van der Waals surface area contributed by atoms with E-state index >= 15 is 0 Å². The Bertz CT molecular complexity index is 2540. The molecule has 0 aliphatic rings. The number of hydrogen-bond donors (Lipinski definition) is 1. The van der Waals surface area contributed by atoms with Gasteiger partial charge in [0.1, 0.15) is 11.6 Å². The van der Waals surface area contributed by atoms with Crippen molar-refractivity contribution in [3.8, 4) is 50.5 Å². The quantitative estimate of drug-likeness (QED) is 0.179. The van der Waals surface area contributed by atoms with Crippen LogP contribution in [0.2, 0.25) is 0 Å². The molecule has 2 aromatic heterocycles. The molecule has 2 heterocycles. The Labute approximate surface area is 342 Å². The van der Waals surface area contributed by atoms with Crippen LogP contribution in [0, 0.1) is 6.07 Å². The molecule has 55 heavy (non-hydrogen) atoms. The van der Waals surface area contributed by atoms with Gasteiger partial charge in [0.2, 0.25) is 0 Å². The Hall–Kier alpha value is -4.53. The van der Waals surface area contributed by atoms with Crippen molar-refractivity contribution in [2.24, 2.45) is 0 Å². The number of benzene rings is 5. The van der Waals surface area contributed by atoms with Gasteiger partial charge in [-0.3, -0.25) is 4.98 Å². The van der Waals surface area contributed by atoms with E-state index in [1.165, 1.54) is 11.1 Å². The van der Waals surface area contributed by atoms with E-state index in [-0.39, 0.29) is 48.6 Å². The number of imidazole rings is 1. The van der Waals surface area contributed by atoms with E-state index < -0.39 is 0 Å². The zero-order chi connectivity index (χ0) is 39.0. The summed E-state index contributed by atoms with van der Waals surface area (Å²) in [5, 5.41) is 12.6. The number of phenols is 1. The molecule has 0 fully saturated rings. The minimum atomic E-state index is -0.356. The number of rotatable bonds is 4. The van der Waals surface area contributed by atoms with Crippen molar-refractivity contribution in [2.75, 3.05) is 0 Å². The predicted octanol–water partition coefficient (Wildman–Crippen LogP) is 13.4. The van der Waals surface area contributed by atoms with Gasteiger partial charge in [0.15, 0.2) is 0 Å². The van der Waals surface area contributed by atoms with Crippen LogP contribution in [0.15, 0.2) is 103 Å². The fraction of sp³-hybridized carbons (Fsp3) is 0.320. The summed E-state index contributed by atoms with van der Waals surface area (Å²) in [5.74, 6) is 0.979. The largest absolute Gasteiger partial charge is 0.507 e. The first-order valence-corrected chi connectivity index (χ1v) is 19.1. The Balaban J connectivity index is 0.00000514. The number of aromatic hydroxyl groups is 1. The molecule has 0 saturated carbocycles. The molecule has 0 radical (unpaired) electrons. The van der Waals surface area contributed by atoms with Crippen LogP contribution in [-0.4, -0.2) is 19.6 Å². The van der Waals surface area contributed by atoms with Crippen molar-refractivity contribution in [2.45, 2.75) is 105 Å². The van der Waals surface area contributed by atoms with Crippen LogP contribution in [0.1, 0.15) is 99.8 Å². The number of pyridine rings is 1. The molecule has 0 atom stereocenters. The molecule has 0 saturated heterocycles. The Morgan fingerprint density at radius 3 is 1.82 bits per heavy atom. The molecule has 4 nitrogen and oxygen atoms in total. The first-order chi connectivity index (χ1) is 25.2. The van der Waals surface area contributed by atoms with Gasteiger partial charge in [-0.05, 0) is 82.9 Å². The van der Waals surface area contributed by atoms with Crippen molar-refractivity contribution in [1.29, 1.82) is 0 Å². The third-order valence-corrected chi connectivity index (χ3v) is 10.5. The number of fused-ring (bicyclic) bond motifs is 2. The van der Waals surface area contributed by atoms with Crippen LogP contribution in [0.5, 0.6) is 5.75 Å². The molecule has 0 aliphatic heterocycles. The van der Waals surface area contributed by atoms with Crippen LogP contribution in [-0.2, 0) is 42.8 Å². The molecule has 0 amide bonds. The number of hydrogen-bond acceptors (Lipinski definition) is 3. The smallest absolute Gasteiger partial charge is 0.144 e. The van der Waals surface area contributed by atoms with Crippen LogP contribution in [0.25, 0.3) is 66.7 Å². The predicted molar refractivity (Wildman–Crippen MR) is 228 cm³/mol. The maximum absolute atomic E-state index is 11.5. The van der Waals surface area contributed by atoms with E-state index in [4.69, 9.17) is 9.97 Å². The Kier molecular flexibility index (Phi) is 10.4. The molecule has 0 unspecified atom stereocenters. The van der Waals surface area contributed by atoms with Crippen LogP contribution in [0.4, 0.5) is 0 Å². The molecule has 286 valence electrons. The van der Waals surface area contributed by atoms with Gasteiger partial charge < -0.3 is 9.67 Å². The van der Waals surface area contributed by atoms with Gasteiger partial charge in [-0.1, -0.05) is 146 Å². The SMILES string of the molecule is CC(C)(C)c1ccc(O)c(-c2nc3c(-c4[c-]c(-c5cc(C(C)(C)C)cc6cccnc56)cc(-c5ccccc5)c4)ccc(C(C)(C)C)c3n2C(C)(C)C)c1.[Pt]. The minimum Gasteiger partial charge on any atom is -0.507 e.